The van der Waals surface area contributed by atoms with Crippen LogP contribution in [0.3, 0.4) is 0 Å². The smallest absolute Gasteiger partial charge is 0.296 e. The van der Waals surface area contributed by atoms with Crippen molar-refractivity contribution in [3.8, 4) is 11.8 Å². The molecule has 11 heteroatoms. The van der Waals surface area contributed by atoms with E-state index < -0.39 is 34.7 Å². The Labute approximate surface area is 199 Å². The standard InChI is InChI=1S/C24H21N7O4/c1-13-9-26-11-18(28-13)19(17-7-5-4-6-15(17)8-25)14(2)22-30-20(21(32)24(34)31(22)3)23(33)29-16-10-27-35-12-16/h4-7,9-12,14,19,32H,1-3H3,(H,29,33). The fourth-order valence-electron chi connectivity index (χ4n) is 3.97. The van der Waals surface area contributed by atoms with Gasteiger partial charge < -0.3 is 14.9 Å². The zero-order chi connectivity index (χ0) is 25.1. The highest BCUT2D eigenvalue weighted by Gasteiger charge is 2.31. The zero-order valence-corrected chi connectivity index (χ0v) is 19.1. The second kappa shape index (κ2) is 9.56. The van der Waals surface area contributed by atoms with Gasteiger partial charge in [-0.3, -0.25) is 24.1 Å². The summed E-state index contributed by atoms with van der Waals surface area (Å²) < 4.78 is 5.88. The molecule has 0 fully saturated rings. The van der Waals surface area contributed by atoms with Crippen molar-refractivity contribution in [1.82, 2.24) is 24.7 Å². The molecule has 2 unspecified atom stereocenters. The van der Waals surface area contributed by atoms with Crippen molar-refractivity contribution >= 4 is 11.6 Å². The lowest BCUT2D eigenvalue weighted by molar-refractivity contribution is 0.101. The number of amides is 1. The van der Waals surface area contributed by atoms with Gasteiger partial charge in [-0.2, -0.15) is 5.26 Å². The van der Waals surface area contributed by atoms with Gasteiger partial charge in [-0.1, -0.05) is 30.3 Å². The molecule has 0 saturated heterocycles. The van der Waals surface area contributed by atoms with Crippen LogP contribution in [0.4, 0.5) is 5.69 Å². The van der Waals surface area contributed by atoms with E-state index in [2.05, 4.69) is 31.5 Å². The predicted octanol–water partition coefficient (Wildman–Crippen LogP) is 2.63. The van der Waals surface area contributed by atoms with Crippen LogP contribution in [0.1, 0.15) is 57.6 Å². The first kappa shape index (κ1) is 23.3. The SMILES string of the molecule is Cc1cncc(C(c2ccccc2C#N)C(C)c2nc(C(=O)Nc3cnoc3)c(O)c(=O)n2C)n1. The van der Waals surface area contributed by atoms with Crippen molar-refractivity contribution in [3.63, 3.8) is 0 Å². The number of hydrogen-bond donors (Lipinski definition) is 2. The number of carbonyl (C=O) groups excluding carboxylic acids is 1. The van der Waals surface area contributed by atoms with Crippen LogP contribution in [-0.2, 0) is 7.05 Å². The Morgan fingerprint density at radius 2 is 2.00 bits per heavy atom. The maximum atomic E-state index is 12.9. The maximum absolute atomic E-state index is 12.9. The fourth-order valence-corrected chi connectivity index (χ4v) is 3.97. The summed E-state index contributed by atoms with van der Waals surface area (Å²) in [6.45, 7) is 3.61. The van der Waals surface area contributed by atoms with Gasteiger partial charge >= 0.3 is 0 Å². The topological polar surface area (TPSA) is 160 Å². The van der Waals surface area contributed by atoms with Gasteiger partial charge in [0.2, 0.25) is 5.75 Å². The van der Waals surface area contributed by atoms with Crippen LogP contribution in [0.2, 0.25) is 0 Å². The van der Waals surface area contributed by atoms with Crippen molar-refractivity contribution in [2.45, 2.75) is 25.7 Å². The molecule has 2 atom stereocenters. The molecule has 0 saturated carbocycles. The summed E-state index contributed by atoms with van der Waals surface area (Å²) >= 11 is 0. The number of aromatic nitrogens is 5. The van der Waals surface area contributed by atoms with E-state index in [9.17, 15) is 20.0 Å². The number of aryl methyl sites for hydroxylation is 1. The van der Waals surface area contributed by atoms with Crippen LogP contribution in [0, 0.1) is 18.3 Å². The zero-order valence-electron chi connectivity index (χ0n) is 19.1. The Bertz CT molecular complexity index is 1490. The lowest BCUT2D eigenvalue weighted by Gasteiger charge is -2.26. The average molecular weight is 471 g/mol. The highest BCUT2D eigenvalue weighted by Crippen LogP contribution is 2.38. The van der Waals surface area contributed by atoms with Crippen molar-refractivity contribution in [3.05, 3.63) is 93.5 Å². The number of nitrogens with one attached hydrogen (secondary N) is 1. The predicted molar refractivity (Wildman–Crippen MR) is 124 cm³/mol. The molecular weight excluding hydrogens is 450 g/mol. The quantitative estimate of drug-likeness (QED) is 0.431. The maximum Gasteiger partial charge on any atom is 0.296 e. The summed E-state index contributed by atoms with van der Waals surface area (Å²) in [5.74, 6) is -2.47. The monoisotopic (exact) mass is 471 g/mol. The summed E-state index contributed by atoms with van der Waals surface area (Å²) in [6.07, 6.45) is 5.68. The number of anilines is 1. The molecule has 1 aromatic carbocycles. The third-order valence-electron chi connectivity index (χ3n) is 5.62. The molecule has 2 N–H and O–H groups in total. The number of hydrogen-bond acceptors (Lipinski definition) is 9. The highest BCUT2D eigenvalue weighted by atomic mass is 16.5. The molecule has 1 amide bonds. The van der Waals surface area contributed by atoms with Crippen LogP contribution in [0.25, 0.3) is 0 Å². The van der Waals surface area contributed by atoms with E-state index in [-0.39, 0.29) is 11.5 Å². The van der Waals surface area contributed by atoms with Gasteiger partial charge in [-0.15, -0.1) is 0 Å². The van der Waals surface area contributed by atoms with Crippen molar-refractivity contribution in [2.24, 2.45) is 7.05 Å². The van der Waals surface area contributed by atoms with Gasteiger partial charge in [0.05, 0.1) is 29.2 Å². The summed E-state index contributed by atoms with van der Waals surface area (Å²) in [7, 11) is 1.46. The van der Waals surface area contributed by atoms with E-state index in [0.29, 0.717) is 22.5 Å². The molecule has 0 aliphatic rings. The molecule has 0 radical (unpaired) electrons. The van der Waals surface area contributed by atoms with E-state index in [1.807, 2.05) is 13.0 Å². The largest absolute Gasteiger partial charge is 0.501 e. The summed E-state index contributed by atoms with van der Waals surface area (Å²) in [4.78, 5) is 38.9. The molecule has 3 aromatic heterocycles. The summed E-state index contributed by atoms with van der Waals surface area (Å²) in [5.41, 5.74) is 1.34. The molecule has 3 heterocycles. The number of nitrogens with zero attached hydrogens (tertiary/aromatic N) is 6. The summed E-state index contributed by atoms with van der Waals surface area (Å²) in [5, 5.41) is 26.1. The van der Waals surface area contributed by atoms with Gasteiger partial charge in [0.1, 0.15) is 17.8 Å². The van der Waals surface area contributed by atoms with Crippen LogP contribution >= 0.6 is 0 Å². The van der Waals surface area contributed by atoms with Crippen molar-refractivity contribution < 1.29 is 14.4 Å². The molecule has 0 spiro atoms. The normalized spacial score (nSPS) is 12.5. The highest BCUT2D eigenvalue weighted by molar-refractivity contribution is 6.04. The first-order valence-electron chi connectivity index (χ1n) is 10.6. The van der Waals surface area contributed by atoms with Crippen LogP contribution in [0.15, 0.2) is 58.4 Å². The Hall–Kier alpha value is -4.85. The van der Waals surface area contributed by atoms with E-state index in [0.717, 1.165) is 0 Å². The fraction of sp³-hybridized carbons (Fsp3) is 0.208. The number of benzene rings is 1. The van der Waals surface area contributed by atoms with Crippen molar-refractivity contribution in [2.75, 3.05) is 5.32 Å². The Kier molecular flexibility index (Phi) is 6.37. The second-order valence-corrected chi connectivity index (χ2v) is 7.95. The number of aromatic hydroxyl groups is 1. The molecule has 4 aromatic rings. The number of nitriles is 1. The molecular formula is C24H21N7O4. The third-order valence-corrected chi connectivity index (χ3v) is 5.62. The molecule has 0 aliphatic carbocycles. The van der Waals surface area contributed by atoms with Crippen LogP contribution in [-0.4, -0.2) is 35.7 Å². The average Bonchev–Trinajstić information content (AvgIpc) is 3.36. The lowest BCUT2D eigenvalue weighted by atomic mass is 9.82. The van der Waals surface area contributed by atoms with E-state index in [1.54, 1.807) is 37.5 Å². The second-order valence-electron chi connectivity index (χ2n) is 7.95. The Balaban J connectivity index is 1.87. The molecule has 4 rings (SSSR count). The molecule has 0 aliphatic heterocycles. The van der Waals surface area contributed by atoms with Crippen molar-refractivity contribution in [1.29, 1.82) is 5.26 Å². The number of carbonyl (C=O) groups is 1. The first-order valence-corrected chi connectivity index (χ1v) is 10.6. The van der Waals surface area contributed by atoms with Gasteiger partial charge in [0, 0.05) is 31.3 Å². The van der Waals surface area contributed by atoms with Gasteiger partial charge in [0.15, 0.2) is 5.69 Å². The third kappa shape index (κ3) is 4.49. The molecule has 176 valence electrons. The molecule has 0 bridgehead atoms. The Morgan fingerprint density at radius 1 is 1.23 bits per heavy atom. The molecule has 35 heavy (non-hydrogen) atoms. The van der Waals surface area contributed by atoms with Crippen LogP contribution < -0.4 is 10.9 Å². The number of rotatable bonds is 6. The minimum absolute atomic E-state index is 0.212. The van der Waals surface area contributed by atoms with Crippen LogP contribution in [0.5, 0.6) is 5.75 Å². The molecule has 11 nitrogen and oxygen atoms in total. The van der Waals surface area contributed by atoms with E-state index in [1.165, 1.54) is 24.1 Å². The van der Waals surface area contributed by atoms with Gasteiger partial charge in [-0.25, -0.2) is 4.98 Å². The minimum Gasteiger partial charge on any atom is -0.501 e. The first-order chi connectivity index (χ1) is 16.8. The Morgan fingerprint density at radius 3 is 2.69 bits per heavy atom. The van der Waals surface area contributed by atoms with Gasteiger partial charge in [0.25, 0.3) is 11.5 Å². The summed E-state index contributed by atoms with van der Waals surface area (Å²) in [6, 6.07) is 9.26. The van der Waals surface area contributed by atoms with Gasteiger partial charge in [-0.05, 0) is 18.6 Å². The van der Waals surface area contributed by atoms with E-state index >= 15 is 0 Å². The lowest BCUT2D eigenvalue weighted by Crippen LogP contribution is -2.29. The minimum atomic E-state index is -0.804. The van der Waals surface area contributed by atoms with E-state index in [4.69, 9.17) is 4.52 Å².